The first kappa shape index (κ1) is 15.7. The van der Waals surface area contributed by atoms with Gasteiger partial charge in [0.25, 0.3) is 0 Å². The lowest BCUT2D eigenvalue weighted by atomic mass is 9.64. The van der Waals surface area contributed by atoms with E-state index in [1.165, 1.54) is 6.42 Å². The topological polar surface area (TPSA) is 38.0 Å². The predicted molar refractivity (Wildman–Crippen MR) is 88.4 cm³/mol. The van der Waals surface area contributed by atoms with E-state index in [1.54, 1.807) is 0 Å². The van der Waals surface area contributed by atoms with Crippen LogP contribution in [0.2, 0.25) is 5.02 Å². The molecule has 1 saturated carbocycles. The molecule has 2 unspecified atom stereocenters. The standard InChI is InChI=1S/C17H27ClN2/c1-12-8-16(3,4)10-17(9-12,11-19)20-14-6-5-13(2)15(18)7-14/h5-7,12,20H,8-11,19H2,1-4H3. The van der Waals surface area contributed by atoms with Gasteiger partial charge in [-0.25, -0.2) is 0 Å². The number of nitrogens with two attached hydrogens (primary N) is 1. The van der Waals surface area contributed by atoms with Gasteiger partial charge in [-0.15, -0.1) is 0 Å². The molecule has 0 spiro atoms. The Morgan fingerprint density at radius 2 is 2.05 bits per heavy atom. The summed E-state index contributed by atoms with van der Waals surface area (Å²) in [7, 11) is 0. The van der Waals surface area contributed by atoms with Crippen molar-refractivity contribution in [2.24, 2.45) is 17.1 Å². The fraction of sp³-hybridized carbons (Fsp3) is 0.647. The molecule has 0 aromatic heterocycles. The van der Waals surface area contributed by atoms with E-state index in [2.05, 4.69) is 38.2 Å². The van der Waals surface area contributed by atoms with Gasteiger partial charge in [-0.1, -0.05) is 38.4 Å². The van der Waals surface area contributed by atoms with Crippen molar-refractivity contribution in [1.29, 1.82) is 0 Å². The monoisotopic (exact) mass is 294 g/mol. The number of aryl methyl sites for hydroxylation is 1. The number of nitrogens with one attached hydrogen (secondary N) is 1. The molecule has 112 valence electrons. The predicted octanol–water partition coefficient (Wildman–Crippen LogP) is 4.60. The molecule has 0 bridgehead atoms. The van der Waals surface area contributed by atoms with Gasteiger partial charge in [0.2, 0.25) is 0 Å². The quantitative estimate of drug-likeness (QED) is 0.855. The summed E-state index contributed by atoms with van der Waals surface area (Å²) in [5.74, 6) is 0.690. The zero-order chi connectivity index (χ0) is 15.0. The lowest BCUT2D eigenvalue weighted by Gasteiger charge is -2.48. The average Bonchev–Trinajstić information content (AvgIpc) is 2.31. The van der Waals surface area contributed by atoms with Crippen molar-refractivity contribution in [2.75, 3.05) is 11.9 Å². The highest BCUT2D eigenvalue weighted by molar-refractivity contribution is 6.31. The summed E-state index contributed by atoms with van der Waals surface area (Å²) in [4.78, 5) is 0. The molecule has 1 aromatic rings. The Balaban J connectivity index is 2.24. The second-order valence-corrected chi connectivity index (χ2v) is 7.84. The van der Waals surface area contributed by atoms with E-state index in [4.69, 9.17) is 17.3 Å². The number of hydrogen-bond acceptors (Lipinski definition) is 2. The highest BCUT2D eigenvalue weighted by Crippen LogP contribution is 2.45. The average molecular weight is 295 g/mol. The molecule has 3 heteroatoms. The maximum Gasteiger partial charge on any atom is 0.0503 e. The summed E-state index contributed by atoms with van der Waals surface area (Å²) >= 11 is 6.23. The van der Waals surface area contributed by atoms with Gasteiger partial charge in [0.1, 0.15) is 0 Å². The Labute approximate surface area is 128 Å². The van der Waals surface area contributed by atoms with Crippen LogP contribution in [-0.2, 0) is 0 Å². The second-order valence-electron chi connectivity index (χ2n) is 7.43. The molecule has 0 amide bonds. The number of anilines is 1. The van der Waals surface area contributed by atoms with Gasteiger partial charge < -0.3 is 11.1 Å². The molecule has 1 aliphatic carbocycles. The SMILES string of the molecule is Cc1ccc(NC2(CN)CC(C)CC(C)(C)C2)cc1Cl. The summed E-state index contributed by atoms with van der Waals surface area (Å²) in [6, 6.07) is 6.18. The van der Waals surface area contributed by atoms with Crippen LogP contribution in [0.5, 0.6) is 0 Å². The highest BCUT2D eigenvalue weighted by atomic mass is 35.5. The minimum Gasteiger partial charge on any atom is -0.378 e. The van der Waals surface area contributed by atoms with E-state index < -0.39 is 0 Å². The van der Waals surface area contributed by atoms with Crippen LogP contribution >= 0.6 is 11.6 Å². The van der Waals surface area contributed by atoms with Crippen molar-refractivity contribution in [1.82, 2.24) is 0 Å². The van der Waals surface area contributed by atoms with Gasteiger partial charge in [-0.2, -0.15) is 0 Å². The molecule has 0 radical (unpaired) electrons. The normalized spacial score (nSPS) is 29.2. The minimum absolute atomic E-state index is 0.0141. The second kappa shape index (κ2) is 5.57. The number of halogens is 1. The van der Waals surface area contributed by atoms with Crippen LogP contribution in [0.4, 0.5) is 5.69 Å². The number of rotatable bonds is 3. The van der Waals surface area contributed by atoms with Crippen molar-refractivity contribution >= 4 is 17.3 Å². The molecule has 2 atom stereocenters. The molecule has 1 aliphatic rings. The molecular formula is C17H27ClN2. The van der Waals surface area contributed by atoms with Crippen LogP contribution in [0.15, 0.2) is 18.2 Å². The Morgan fingerprint density at radius 1 is 1.35 bits per heavy atom. The van der Waals surface area contributed by atoms with Crippen molar-refractivity contribution in [2.45, 2.75) is 52.5 Å². The minimum atomic E-state index is -0.0141. The largest absolute Gasteiger partial charge is 0.378 e. The van der Waals surface area contributed by atoms with Crippen molar-refractivity contribution in [3.8, 4) is 0 Å². The van der Waals surface area contributed by atoms with E-state index in [9.17, 15) is 0 Å². The fourth-order valence-corrected chi connectivity index (χ4v) is 4.20. The number of benzene rings is 1. The van der Waals surface area contributed by atoms with Crippen molar-refractivity contribution in [3.05, 3.63) is 28.8 Å². The highest BCUT2D eigenvalue weighted by Gasteiger charge is 2.42. The molecule has 0 heterocycles. The lowest BCUT2D eigenvalue weighted by molar-refractivity contribution is 0.125. The zero-order valence-electron chi connectivity index (χ0n) is 13.1. The third kappa shape index (κ3) is 3.48. The van der Waals surface area contributed by atoms with E-state index in [0.717, 1.165) is 29.1 Å². The molecule has 1 aromatic carbocycles. The molecule has 20 heavy (non-hydrogen) atoms. The van der Waals surface area contributed by atoms with E-state index >= 15 is 0 Å². The molecular weight excluding hydrogens is 268 g/mol. The van der Waals surface area contributed by atoms with Gasteiger partial charge in [0.05, 0.1) is 5.54 Å². The van der Waals surface area contributed by atoms with Gasteiger partial charge in [0.15, 0.2) is 0 Å². The Bertz CT molecular complexity index is 484. The number of hydrogen-bond donors (Lipinski definition) is 2. The summed E-state index contributed by atoms with van der Waals surface area (Å²) < 4.78 is 0. The van der Waals surface area contributed by atoms with E-state index in [0.29, 0.717) is 17.9 Å². The van der Waals surface area contributed by atoms with E-state index in [-0.39, 0.29) is 5.54 Å². The van der Waals surface area contributed by atoms with E-state index in [1.807, 2.05) is 13.0 Å². The Kier molecular flexibility index (Phi) is 4.36. The summed E-state index contributed by atoms with van der Waals surface area (Å²) in [6.07, 6.45) is 3.50. The third-order valence-corrected chi connectivity index (χ3v) is 4.84. The van der Waals surface area contributed by atoms with Crippen LogP contribution < -0.4 is 11.1 Å². The van der Waals surface area contributed by atoms with Gasteiger partial charge in [-0.05, 0) is 55.2 Å². The first-order valence-corrected chi connectivity index (χ1v) is 7.87. The Morgan fingerprint density at radius 3 is 2.60 bits per heavy atom. The molecule has 2 rings (SSSR count). The molecule has 1 fully saturated rings. The van der Waals surface area contributed by atoms with Crippen LogP contribution in [-0.4, -0.2) is 12.1 Å². The molecule has 0 aliphatic heterocycles. The summed E-state index contributed by atoms with van der Waals surface area (Å²) in [6.45, 7) is 9.70. The molecule has 0 saturated heterocycles. The smallest absolute Gasteiger partial charge is 0.0503 e. The van der Waals surface area contributed by atoms with Crippen LogP contribution in [0.25, 0.3) is 0 Å². The van der Waals surface area contributed by atoms with Gasteiger partial charge in [-0.3, -0.25) is 0 Å². The van der Waals surface area contributed by atoms with Gasteiger partial charge in [0, 0.05) is 17.3 Å². The van der Waals surface area contributed by atoms with Crippen LogP contribution in [0, 0.1) is 18.3 Å². The van der Waals surface area contributed by atoms with Gasteiger partial charge >= 0.3 is 0 Å². The summed E-state index contributed by atoms with van der Waals surface area (Å²) in [5, 5.41) is 4.50. The lowest BCUT2D eigenvalue weighted by Crippen LogP contribution is -2.52. The Hall–Kier alpha value is -0.730. The first-order valence-electron chi connectivity index (χ1n) is 7.50. The third-order valence-electron chi connectivity index (χ3n) is 4.43. The maximum atomic E-state index is 6.23. The fourth-order valence-electron chi connectivity index (χ4n) is 4.02. The van der Waals surface area contributed by atoms with Crippen LogP contribution in [0.1, 0.15) is 45.6 Å². The van der Waals surface area contributed by atoms with Crippen molar-refractivity contribution < 1.29 is 0 Å². The summed E-state index contributed by atoms with van der Waals surface area (Å²) in [5.41, 5.74) is 8.65. The van der Waals surface area contributed by atoms with Crippen molar-refractivity contribution in [3.63, 3.8) is 0 Å². The maximum absolute atomic E-state index is 6.23. The molecule has 2 nitrogen and oxygen atoms in total. The molecule has 3 N–H and O–H groups in total. The first-order chi connectivity index (χ1) is 9.25. The van der Waals surface area contributed by atoms with Crippen LogP contribution in [0.3, 0.4) is 0 Å². The zero-order valence-corrected chi connectivity index (χ0v) is 13.8.